The zero-order chi connectivity index (χ0) is 21.9. The number of alkyl halides is 3. The van der Waals surface area contributed by atoms with Crippen LogP contribution in [0.1, 0.15) is 22.4 Å². The van der Waals surface area contributed by atoms with Gasteiger partial charge in [-0.15, -0.1) is 11.3 Å². The number of thiophene rings is 1. The van der Waals surface area contributed by atoms with E-state index in [0.29, 0.717) is 15.8 Å². The Hall–Kier alpha value is -2.88. The van der Waals surface area contributed by atoms with Crippen LogP contribution in [0.2, 0.25) is 0 Å². The van der Waals surface area contributed by atoms with Crippen LogP contribution in [0.25, 0.3) is 10.2 Å². The lowest BCUT2D eigenvalue weighted by molar-refractivity contribution is -0.153. The van der Waals surface area contributed by atoms with Crippen LogP contribution < -0.4 is 15.6 Å². The van der Waals surface area contributed by atoms with Crippen molar-refractivity contribution in [3.63, 3.8) is 0 Å². The van der Waals surface area contributed by atoms with Crippen LogP contribution >= 0.6 is 11.3 Å². The third-order valence-corrected chi connectivity index (χ3v) is 5.64. The lowest BCUT2D eigenvalue weighted by Gasteiger charge is -2.11. The molecule has 3 aromatic rings. The van der Waals surface area contributed by atoms with Crippen LogP contribution in [0.3, 0.4) is 0 Å². The van der Waals surface area contributed by atoms with Crippen LogP contribution in [0.15, 0.2) is 35.4 Å². The summed E-state index contributed by atoms with van der Waals surface area (Å²) in [6.45, 7) is 2.75. The number of hydrogen-bond acceptors (Lipinski definition) is 5. The predicted molar refractivity (Wildman–Crippen MR) is 108 cm³/mol. The molecule has 3 rings (SSSR count). The molecule has 1 N–H and O–H groups in total. The van der Waals surface area contributed by atoms with Crippen molar-refractivity contribution in [1.29, 1.82) is 0 Å². The molecule has 1 aromatic carbocycles. The number of nitrogens with one attached hydrogen (secondary N) is 1. The van der Waals surface area contributed by atoms with E-state index in [0.717, 1.165) is 10.4 Å². The summed E-state index contributed by atoms with van der Waals surface area (Å²) in [5.41, 5.74) is 1.33. The minimum atomic E-state index is -4.42. The van der Waals surface area contributed by atoms with Crippen LogP contribution in [0.4, 0.5) is 13.2 Å². The summed E-state index contributed by atoms with van der Waals surface area (Å²) in [7, 11) is 0. The highest BCUT2D eigenvalue weighted by atomic mass is 32.1. The van der Waals surface area contributed by atoms with Crippen LogP contribution in [-0.2, 0) is 17.9 Å². The number of halogens is 3. The summed E-state index contributed by atoms with van der Waals surface area (Å²) in [6, 6.07) is 6.08. The lowest BCUT2D eigenvalue weighted by Crippen LogP contribution is -2.27. The second kappa shape index (κ2) is 8.86. The number of carbonyl (C=O) groups is 1. The van der Waals surface area contributed by atoms with E-state index >= 15 is 0 Å². The number of amides is 1. The van der Waals surface area contributed by atoms with Gasteiger partial charge >= 0.3 is 6.18 Å². The third kappa shape index (κ3) is 5.38. The van der Waals surface area contributed by atoms with Gasteiger partial charge in [-0.05, 0) is 37.1 Å². The van der Waals surface area contributed by atoms with Gasteiger partial charge in [-0.1, -0.05) is 12.1 Å². The van der Waals surface area contributed by atoms with Crippen molar-refractivity contribution in [2.45, 2.75) is 39.5 Å². The third-order valence-electron chi connectivity index (χ3n) is 4.53. The van der Waals surface area contributed by atoms with Crippen molar-refractivity contribution in [3.8, 4) is 5.75 Å². The minimum Gasteiger partial charge on any atom is -0.484 e. The fourth-order valence-corrected chi connectivity index (χ4v) is 3.84. The van der Waals surface area contributed by atoms with Crippen molar-refractivity contribution in [2.75, 3.05) is 6.61 Å². The average molecular weight is 439 g/mol. The predicted octanol–water partition coefficient (Wildman–Crippen LogP) is 3.72. The normalized spacial score (nSPS) is 11.6. The zero-order valence-corrected chi connectivity index (χ0v) is 17.2. The average Bonchev–Trinajstić information content (AvgIpc) is 2.98. The molecule has 0 aliphatic rings. The number of carbonyl (C=O) groups excluding carboxylic acids is 1. The van der Waals surface area contributed by atoms with Gasteiger partial charge in [-0.2, -0.15) is 13.2 Å². The van der Waals surface area contributed by atoms with Crippen molar-refractivity contribution in [1.82, 2.24) is 14.9 Å². The van der Waals surface area contributed by atoms with Gasteiger partial charge in [0.25, 0.3) is 5.56 Å². The monoisotopic (exact) mass is 439 g/mol. The number of aryl methyl sites for hydroxylation is 3. The molecule has 0 radical (unpaired) electrons. The Bertz CT molecular complexity index is 1120. The van der Waals surface area contributed by atoms with Gasteiger partial charge < -0.3 is 10.1 Å². The molecule has 160 valence electrons. The van der Waals surface area contributed by atoms with E-state index in [9.17, 15) is 22.8 Å². The molecule has 0 saturated heterocycles. The highest BCUT2D eigenvalue weighted by Gasteiger charge is 2.28. The second-order valence-electron chi connectivity index (χ2n) is 6.78. The Morgan fingerprint density at radius 3 is 2.80 bits per heavy atom. The molecule has 0 saturated carbocycles. The van der Waals surface area contributed by atoms with Gasteiger partial charge in [0.05, 0.1) is 11.7 Å². The SMILES string of the molecule is Cc1sc2ncn(CCC(=O)NCc3cccc(OCC(F)(F)F)c3)c(=O)c2c1C. The quantitative estimate of drug-likeness (QED) is 0.609. The van der Waals surface area contributed by atoms with E-state index in [2.05, 4.69) is 10.3 Å². The molecular weight excluding hydrogens is 419 g/mol. The smallest absolute Gasteiger partial charge is 0.422 e. The van der Waals surface area contributed by atoms with Gasteiger partial charge in [0.1, 0.15) is 10.6 Å². The number of nitrogens with zero attached hydrogens (tertiary/aromatic N) is 2. The number of fused-ring (bicyclic) bond motifs is 1. The summed E-state index contributed by atoms with van der Waals surface area (Å²) in [5, 5.41) is 3.27. The molecule has 0 fully saturated rings. The highest BCUT2D eigenvalue weighted by Crippen LogP contribution is 2.25. The molecule has 0 bridgehead atoms. The fourth-order valence-electron chi connectivity index (χ4n) is 2.85. The maximum Gasteiger partial charge on any atom is 0.422 e. The first-order valence-electron chi connectivity index (χ1n) is 9.14. The molecule has 30 heavy (non-hydrogen) atoms. The number of rotatable bonds is 7. The fraction of sp³-hybridized carbons (Fsp3) is 0.350. The summed E-state index contributed by atoms with van der Waals surface area (Å²) >= 11 is 1.46. The highest BCUT2D eigenvalue weighted by molar-refractivity contribution is 7.18. The van der Waals surface area contributed by atoms with Crippen molar-refractivity contribution in [2.24, 2.45) is 0 Å². The first-order chi connectivity index (χ1) is 14.1. The zero-order valence-electron chi connectivity index (χ0n) is 16.4. The van der Waals surface area contributed by atoms with Crippen LogP contribution in [-0.4, -0.2) is 28.2 Å². The summed E-state index contributed by atoms with van der Waals surface area (Å²) in [4.78, 5) is 30.8. The van der Waals surface area contributed by atoms with E-state index < -0.39 is 12.8 Å². The summed E-state index contributed by atoms with van der Waals surface area (Å²) < 4.78 is 42.9. The van der Waals surface area contributed by atoms with Gasteiger partial charge in [-0.3, -0.25) is 14.2 Å². The molecule has 0 aliphatic carbocycles. The first kappa shape index (κ1) is 21.8. The molecule has 1 amide bonds. The van der Waals surface area contributed by atoms with Crippen molar-refractivity contribution < 1.29 is 22.7 Å². The van der Waals surface area contributed by atoms with Crippen molar-refractivity contribution in [3.05, 3.63) is 57.0 Å². The standard InChI is InChI=1S/C20H20F3N3O3S/c1-12-13(2)30-18-17(12)19(28)26(11-25-18)7-6-16(27)24-9-14-4-3-5-15(8-14)29-10-20(21,22)23/h3-5,8,11H,6-7,9-10H2,1-2H3,(H,24,27). The van der Waals surface area contributed by atoms with Crippen LogP contribution in [0, 0.1) is 13.8 Å². The maximum atomic E-state index is 12.6. The van der Waals surface area contributed by atoms with Crippen LogP contribution in [0.5, 0.6) is 5.75 Å². The van der Waals surface area contributed by atoms with Gasteiger partial charge in [-0.25, -0.2) is 4.98 Å². The Labute approximate surface area is 174 Å². The molecule has 2 heterocycles. The molecule has 0 aliphatic heterocycles. The topological polar surface area (TPSA) is 73.2 Å². The Morgan fingerprint density at radius 1 is 1.30 bits per heavy atom. The van der Waals surface area contributed by atoms with E-state index in [4.69, 9.17) is 4.74 Å². The molecule has 0 atom stereocenters. The number of aromatic nitrogens is 2. The Balaban J connectivity index is 1.56. The molecule has 2 aromatic heterocycles. The first-order valence-corrected chi connectivity index (χ1v) is 9.96. The van der Waals surface area contributed by atoms with E-state index in [1.807, 2.05) is 13.8 Å². The number of benzene rings is 1. The number of hydrogen-bond donors (Lipinski definition) is 1. The maximum absolute atomic E-state index is 12.6. The van der Waals surface area contributed by atoms with Gasteiger partial charge in [0, 0.05) is 24.4 Å². The Morgan fingerprint density at radius 2 is 2.07 bits per heavy atom. The summed E-state index contributed by atoms with van der Waals surface area (Å²) in [5.74, 6) is -0.215. The molecule has 0 unspecified atom stereocenters. The largest absolute Gasteiger partial charge is 0.484 e. The van der Waals surface area contributed by atoms with Crippen molar-refractivity contribution >= 4 is 27.5 Å². The second-order valence-corrected chi connectivity index (χ2v) is 7.99. The lowest BCUT2D eigenvalue weighted by atomic mass is 10.2. The molecule has 6 nitrogen and oxygen atoms in total. The van der Waals surface area contributed by atoms with E-state index in [-0.39, 0.29) is 36.7 Å². The minimum absolute atomic E-state index is 0.0690. The molecule has 0 spiro atoms. The Kier molecular flexibility index (Phi) is 6.45. The number of ether oxygens (including phenoxy) is 1. The molecular formula is C20H20F3N3O3S. The van der Waals surface area contributed by atoms with E-state index in [1.165, 1.54) is 34.4 Å². The summed E-state index contributed by atoms with van der Waals surface area (Å²) in [6.07, 6.45) is -2.91. The van der Waals surface area contributed by atoms with Gasteiger partial charge in [0.2, 0.25) is 5.91 Å². The van der Waals surface area contributed by atoms with E-state index in [1.54, 1.807) is 12.1 Å². The molecule has 10 heteroatoms. The van der Waals surface area contributed by atoms with Gasteiger partial charge in [0.15, 0.2) is 6.61 Å².